The molecule has 0 atom stereocenters. The van der Waals surface area contributed by atoms with Crippen LogP contribution in [-0.2, 0) is 17.9 Å². The summed E-state index contributed by atoms with van der Waals surface area (Å²) < 4.78 is 18.5. The quantitative estimate of drug-likeness (QED) is 0.0992. The average Bonchev–Trinajstić information content (AvgIpc) is 3.38. The van der Waals surface area contributed by atoms with Gasteiger partial charge in [0.2, 0.25) is 0 Å². The highest BCUT2D eigenvalue weighted by atomic mass is 32.2. The topological polar surface area (TPSA) is 139 Å². The minimum absolute atomic E-state index is 0.0103. The fraction of sp³-hybridized carbons (Fsp3) is 0.179. The van der Waals surface area contributed by atoms with Crippen LogP contribution in [0.15, 0.2) is 76.8 Å². The van der Waals surface area contributed by atoms with Crippen molar-refractivity contribution in [2.75, 3.05) is 14.2 Å². The average molecular weight is 563 g/mol. The van der Waals surface area contributed by atoms with E-state index in [9.17, 15) is 20.0 Å². The first-order valence-corrected chi connectivity index (χ1v) is 12.9. The third kappa shape index (κ3) is 6.59. The van der Waals surface area contributed by atoms with E-state index in [0.29, 0.717) is 45.9 Å². The van der Waals surface area contributed by atoms with Gasteiger partial charge < -0.3 is 23.9 Å². The first-order chi connectivity index (χ1) is 19.3. The summed E-state index contributed by atoms with van der Waals surface area (Å²) in [7, 11) is 3.11. The number of para-hydroxylation sites is 1. The van der Waals surface area contributed by atoms with E-state index in [-0.39, 0.29) is 17.2 Å². The SMILES string of the molecule is CCn1c(S/C(=C\c2ccccc2OCc2ccc([N+](=O)[O-])cc2)C(=O)O)nnc1-c1cc(OC)cc(OC)c1. The number of aromatic nitrogens is 3. The van der Waals surface area contributed by atoms with Gasteiger partial charge in [-0.1, -0.05) is 18.2 Å². The highest BCUT2D eigenvalue weighted by Crippen LogP contribution is 2.34. The first-order valence-electron chi connectivity index (χ1n) is 12.1. The summed E-state index contributed by atoms with van der Waals surface area (Å²) in [4.78, 5) is 22.7. The number of methoxy groups -OCH3 is 2. The number of aliphatic carboxylic acids is 1. The molecule has 0 aliphatic rings. The van der Waals surface area contributed by atoms with Crippen molar-refractivity contribution in [3.63, 3.8) is 0 Å². The maximum atomic E-state index is 12.3. The Morgan fingerprint density at radius 1 is 1.05 bits per heavy atom. The molecule has 0 amide bonds. The summed E-state index contributed by atoms with van der Waals surface area (Å²) in [5, 5.41) is 29.9. The molecule has 1 heterocycles. The lowest BCUT2D eigenvalue weighted by Gasteiger charge is -2.11. The predicted octanol–water partition coefficient (Wildman–Crippen LogP) is 5.69. The van der Waals surface area contributed by atoms with E-state index in [0.717, 1.165) is 17.3 Å². The number of benzene rings is 3. The number of ether oxygens (including phenoxy) is 3. The second kappa shape index (κ2) is 12.8. The van der Waals surface area contributed by atoms with E-state index in [1.54, 1.807) is 68.8 Å². The molecule has 0 aliphatic carbocycles. The van der Waals surface area contributed by atoms with E-state index in [1.807, 2.05) is 11.5 Å². The van der Waals surface area contributed by atoms with Gasteiger partial charge in [-0.2, -0.15) is 0 Å². The van der Waals surface area contributed by atoms with Crippen LogP contribution in [0.5, 0.6) is 17.2 Å². The van der Waals surface area contributed by atoms with Crippen molar-refractivity contribution in [1.29, 1.82) is 0 Å². The normalized spacial score (nSPS) is 11.2. The molecule has 11 nitrogen and oxygen atoms in total. The molecule has 0 saturated heterocycles. The first kappa shape index (κ1) is 28.2. The van der Waals surface area contributed by atoms with Gasteiger partial charge in [-0.15, -0.1) is 10.2 Å². The molecule has 0 unspecified atom stereocenters. The lowest BCUT2D eigenvalue weighted by atomic mass is 10.2. The molecule has 4 aromatic rings. The number of nitrogens with zero attached hydrogens (tertiary/aromatic N) is 4. The molecule has 0 radical (unpaired) electrons. The van der Waals surface area contributed by atoms with Crippen molar-refractivity contribution >= 4 is 29.5 Å². The zero-order valence-corrected chi connectivity index (χ0v) is 22.8. The van der Waals surface area contributed by atoms with Crippen molar-refractivity contribution in [1.82, 2.24) is 14.8 Å². The van der Waals surface area contributed by atoms with Gasteiger partial charge in [-0.25, -0.2) is 4.79 Å². The Labute approximate surface area is 234 Å². The van der Waals surface area contributed by atoms with Gasteiger partial charge in [0.25, 0.3) is 5.69 Å². The van der Waals surface area contributed by atoms with Crippen molar-refractivity contribution in [2.45, 2.75) is 25.2 Å². The van der Waals surface area contributed by atoms with Crippen molar-refractivity contribution in [3.8, 4) is 28.6 Å². The Balaban J connectivity index is 1.60. The lowest BCUT2D eigenvalue weighted by Crippen LogP contribution is -2.03. The van der Waals surface area contributed by atoms with Crippen LogP contribution in [0.2, 0.25) is 0 Å². The predicted molar refractivity (Wildman–Crippen MR) is 150 cm³/mol. The molecule has 206 valence electrons. The summed E-state index contributed by atoms with van der Waals surface area (Å²) in [5.74, 6) is 1.04. The van der Waals surface area contributed by atoms with E-state index >= 15 is 0 Å². The second-order valence-electron chi connectivity index (χ2n) is 8.32. The maximum Gasteiger partial charge on any atom is 0.342 e. The van der Waals surface area contributed by atoms with Crippen LogP contribution < -0.4 is 14.2 Å². The Kier molecular flexibility index (Phi) is 9.02. The summed E-state index contributed by atoms with van der Waals surface area (Å²) in [6.45, 7) is 2.56. The van der Waals surface area contributed by atoms with E-state index in [4.69, 9.17) is 14.2 Å². The summed E-state index contributed by atoms with van der Waals surface area (Å²) in [5.41, 5.74) is 1.98. The van der Waals surface area contributed by atoms with Gasteiger partial charge in [-0.05, 0) is 60.7 Å². The summed E-state index contributed by atoms with van der Waals surface area (Å²) in [6.07, 6.45) is 1.51. The Hall–Kier alpha value is -4.84. The van der Waals surface area contributed by atoms with Crippen molar-refractivity contribution in [3.05, 3.63) is 92.9 Å². The highest BCUT2D eigenvalue weighted by Gasteiger charge is 2.20. The second-order valence-corrected chi connectivity index (χ2v) is 9.33. The smallest absolute Gasteiger partial charge is 0.342 e. The highest BCUT2D eigenvalue weighted by molar-refractivity contribution is 8.04. The molecule has 0 aliphatic heterocycles. The third-order valence-electron chi connectivity index (χ3n) is 5.80. The summed E-state index contributed by atoms with van der Waals surface area (Å²) >= 11 is 0.975. The fourth-order valence-electron chi connectivity index (χ4n) is 3.78. The summed E-state index contributed by atoms with van der Waals surface area (Å²) in [6, 6.07) is 18.4. The van der Waals surface area contributed by atoms with Crippen LogP contribution in [0, 0.1) is 10.1 Å². The molecule has 0 bridgehead atoms. The zero-order valence-electron chi connectivity index (χ0n) is 21.9. The molecule has 0 saturated carbocycles. The number of carboxylic acid groups (broad SMARTS) is 1. The number of nitro groups is 1. The molecule has 0 spiro atoms. The standard InChI is InChI=1S/C28H26N4O7S/c1-4-31-26(20-13-22(37-2)16-23(14-20)38-3)29-30-28(31)40-25(27(33)34)15-19-7-5-6-8-24(19)39-17-18-9-11-21(12-10-18)32(35)36/h5-16H,4,17H2,1-3H3,(H,33,34)/b25-15-. The molecular weight excluding hydrogens is 536 g/mol. The van der Waals surface area contributed by atoms with Crippen LogP contribution in [0.25, 0.3) is 17.5 Å². The molecule has 0 fully saturated rings. The molecule has 1 aromatic heterocycles. The fourth-order valence-corrected chi connectivity index (χ4v) is 4.66. The molecular formula is C28H26N4O7S. The van der Waals surface area contributed by atoms with Crippen LogP contribution in [0.3, 0.4) is 0 Å². The van der Waals surface area contributed by atoms with Crippen LogP contribution in [0.4, 0.5) is 5.69 Å². The monoisotopic (exact) mass is 562 g/mol. The van der Waals surface area contributed by atoms with Gasteiger partial charge in [0, 0.05) is 35.9 Å². The Morgan fingerprint density at radius 3 is 2.33 bits per heavy atom. The number of carboxylic acids is 1. The minimum atomic E-state index is -1.13. The molecule has 12 heteroatoms. The number of nitro benzene ring substituents is 1. The molecule has 1 N–H and O–H groups in total. The number of thioether (sulfide) groups is 1. The number of hydrogen-bond acceptors (Lipinski definition) is 9. The van der Waals surface area contributed by atoms with Crippen molar-refractivity contribution in [2.24, 2.45) is 0 Å². The van der Waals surface area contributed by atoms with E-state index < -0.39 is 10.9 Å². The zero-order chi connectivity index (χ0) is 28.6. The van der Waals surface area contributed by atoms with Gasteiger partial charge >= 0.3 is 5.97 Å². The van der Waals surface area contributed by atoms with Crippen molar-refractivity contribution < 1.29 is 29.0 Å². The number of carbonyl (C=O) groups is 1. The third-order valence-corrected chi connectivity index (χ3v) is 6.80. The van der Waals surface area contributed by atoms with Gasteiger partial charge in [0.05, 0.1) is 19.1 Å². The number of non-ortho nitro benzene ring substituents is 1. The van der Waals surface area contributed by atoms with E-state index in [1.165, 1.54) is 18.2 Å². The van der Waals surface area contributed by atoms with E-state index in [2.05, 4.69) is 10.2 Å². The van der Waals surface area contributed by atoms with Gasteiger partial charge in [0.1, 0.15) is 28.8 Å². The largest absolute Gasteiger partial charge is 0.497 e. The van der Waals surface area contributed by atoms with Crippen LogP contribution >= 0.6 is 11.8 Å². The van der Waals surface area contributed by atoms with Crippen LogP contribution in [-0.4, -0.2) is 45.0 Å². The molecule has 40 heavy (non-hydrogen) atoms. The van der Waals surface area contributed by atoms with Gasteiger partial charge in [0.15, 0.2) is 11.0 Å². The molecule has 3 aromatic carbocycles. The minimum Gasteiger partial charge on any atom is -0.497 e. The van der Waals surface area contributed by atoms with Gasteiger partial charge in [-0.3, -0.25) is 10.1 Å². The Morgan fingerprint density at radius 2 is 1.73 bits per heavy atom. The van der Waals surface area contributed by atoms with Crippen LogP contribution in [0.1, 0.15) is 18.1 Å². The Bertz CT molecular complexity index is 1530. The molecule has 4 rings (SSSR count). The number of rotatable bonds is 12. The number of hydrogen-bond donors (Lipinski definition) is 1. The lowest BCUT2D eigenvalue weighted by molar-refractivity contribution is -0.384. The maximum absolute atomic E-state index is 12.3.